The lowest BCUT2D eigenvalue weighted by molar-refractivity contribution is 0.0747. The van der Waals surface area contributed by atoms with E-state index in [1.807, 2.05) is 29.2 Å². The average Bonchev–Trinajstić information content (AvgIpc) is 3.30. The molecule has 0 spiro atoms. The van der Waals surface area contributed by atoms with Crippen LogP contribution in [0, 0.1) is 0 Å². The summed E-state index contributed by atoms with van der Waals surface area (Å²) in [7, 11) is -3.60. The van der Waals surface area contributed by atoms with Crippen LogP contribution in [0.3, 0.4) is 0 Å². The van der Waals surface area contributed by atoms with Gasteiger partial charge in [0.25, 0.3) is 15.9 Å². The molecule has 0 unspecified atom stereocenters. The van der Waals surface area contributed by atoms with E-state index in [1.54, 1.807) is 41.8 Å². The number of carbonyl (C=O) groups excluding carboxylic acids is 1. The lowest BCUT2D eigenvalue weighted by atomic mass is 10.1. The van der Waals surface area contributed by atoms with Crippen LogP contribution in [0.1, 0.15) is 10.4 Å². The fraction of sp³-hybridized carbons (Fsp3) is 0.190. The van der Waals surface area contributed by atoms with Gasteiger partial charge in [0.15, 0.2) is 0 Å². The lowest BCUT2D eigenvalue weighted by Crippen LogP contribution is -2.48. The molecule has 1 aromatic heterocycles. The Hall–Kier alpha value is -2.55. The van der Waals surface area contributed by atoms with Crippen LogP contribution in [0.4, 0.5) is 11.4 Å². The minimum atomic E-state index is -3.60. The largest absolute Gasteiger partial charge is 0.368 e. The predicted molar refractivity (Wildman–Crippen MR) is 121 cm³/mol. The lowest BCUT2D eigenvalue weighted by Gasteiger charge is -2.36. The van der Waals surface area contributed by atoms with E-state index in [4.69, 9.17) is 11.6 Å². The number of piperazine rings is 1. The van der Waals surface area contributed by atoms with Gasteiger partial charge >= 0.3 is 0 Å². The van der Waals surface area contributed by atoms with Crippen molar-refractivity contribution >= 4 is 50.2 Å². The Kier molecular flexibility index (Phi) is 5.99. The number of thiophene rings is 1. The molecule has 1 saturated heterocycles. The zero-order valence-electron chi connectivity index (χ0n) is 16.0. The van der Waals surface area contributed by atoms with Crippen molar-refractivity contribution in [1.29, 1.82) is 0 Å². The maximum Gasteiger partial charge on any atom is 0.271 e. The van der Waals surface area contributed by atoms with E-state index in [0.29, 0.717) is 29.4 Å². The molecular formula is C21H20ClN3O3S2. The molecule has 156 valence electrons. The van der Waals surface area contributed by atoms with Crippen molar-refractivity contribution in [2.45, 2.75) is 4.21 Å². The summed E-state index contributed by atoms with van der Waals surface area (Å²) in [5, 5.41) is 2.41. The summed E-state index contributed by atoms with van der Waals surface area (Å²) < 4.78 is 27.4. The zero-order chi connectivity index (χ0) is 21.1. The van der Waals surface area contributed by atoms with Crippen molar-refractivity contribution in [2.24, 2.45) is 0 Å². The Morgan fingerprint density at radius 1 is 0.967 bits per heavy atom. The van der Waals surface area contributed by atoms with Gasteiger partial charge in [-0.05, 0) is 53.9 Å². The summed E-state index contributed by atoms with van der Waals surface area (Å²) in [6.45, 7) is 2.67. The molecule has 6 nitrogen and oxygen atoms in total. The number of rotatable bonds is 5. The molecule has 2 heterocycles. The Labute approximate surface area is 184 Å². The molecule has 1 amide bonds. The van der Waals surface area contributed by atoms with Crippen LogP contribution >= 0.6 is 22.9 Å². The second-order valence-electron chi connectivity index (χ2n) is 6.87. The summed E-state index contributed by atoms with van der Waals surface area (Å²) >= 11 is 7.22. The van der Waals surface area contributed by atoms with Gasteiger partial charge in [0.2, 0.25) is 0 Å². The maximum atomic E-state index is 12.8. The number of anilines is 2. The van der Waals surface area contributed by atoms with Crippen molar-refractivity contribution in [1.82, 2.24) is 4.90 Å². The van der Waals surface area contributed by atoms with Crippen LogP contribution in [0.2, 0.25) is 5.02 Å². The summed E-state index contributed by atoms with van der Waals surface area (Å²) in [6, 6.07) is 17.5. The molecule has 0 radical (unpaired) electrons. The van der Waals surface area contributed by atoms with Crippen molar-refractivity contribution in [3.05, 3.63) is 76.6 Å². The third-order valence-electron chi connectivity index (χ3n) is 4.88. The van der Waals surface area contributed by atoms with E-state index in [9.17, 15) is 13.2 Å². The Morgan fingerprint density at radius 2 is 1.70 bits per heavy atom. The average molecular weight is 462 g/mol. The number of benzene rings is 2. The molecule has 1 aliphatic rings. The van der Waals surface area contributed by atoms with E-state index >= 15 is 0 Å². The summed E-state index contributed by atoms with van der Waals surface area (Å²) in [6.07, 6.45) is 0. The van der Waals surface area contributed by atoms with E-state index in [1.165, 1.54) is 0 Å². The Morgan fingerprint density at radius 3 is 2.33 bits per heavy atom. The highest BCUT2D eigenvalue weighted by atomic mass is 35.5. The van der Waals surface area contributed by atoms with E-state index < -0.39 is 10.0 Å². The highest BCUT2D eigenvalue weighted by molar-refractivity contribution is 7.94. The molecule has 4 rings (SSSR count). The maximum absolute atomic E-state index is 12.8. The van der Waals surface area contributed by atoms with Crippen LogP contribution in [0.25, 0.3) is 0 Å². The third kappa shape index (κ3) is 4.61. The van der Waals surface area contributed by atoms with Crippen LogP contribution in [0.15, 0.2) is 70.3 Å². The molecule has 1 N–H and O–H groups in total. The standard InChI is InChI=1S/C21H20ClN3O3S2/c22-17-3-1-4-19(15-17)24-10-12-25(13-11-24)21(26)16-6-8-18(9-7-16)23-30(27,28)20-5-2-14-29-20/h1-9,14-15,23H,10-13H2. The molecular weight excluding hydrogens is 442 g/mol. The van der Waals surface area contributed by atoms with E-state index in [2.05, 4.69) is 9.62 Å². The fourth-order valence-electron chi connectivity index (χ4n) is 3.33. The number of amides is 1. The number of hydrogen-bond acceptors (Lipinski definition) is 5. The minimum absolute atomic E-state index is 0.0617. The quantitative estimate of drug-likeness (QED) is 0.619. The monoisotopic (exact) mass is 461 g/mol. The predicted octanol–water partition coefficient (Wildman–Crippen LogP) is 4.16. The molecule has 30 heavy (non-hydrogen) atoms. The van der Waals surface area contributed by atoms with Gasteiger partial charge in [-0.1, -0.05) is 23.7 Å². The molecule has 0 saturated carbocycles. The van der Waals surface area contributed by atoms with Gasteiger partial charge in [-0.25, -0.2) is 8.42 Å². The second kappa shape index (κ2) is 8.67. The topological polar surface area (TPSA) is 69.7 Å². The van der Waals surface area contributed by atoms with Gasteiger partial charge in [-0.15, -0.1) is 11.3 Å². The summed E-state index contributed by atoms with van der Waals surface area (Å²) in [5.74, 6) is -0.0617. The summed E-state index contributed by atoms with van der Waals surface area (Å²) in [5.41, 5.74) is 2.01. The van der Waals surface area contributed by atoms with E-state index in [0.717, 1.165) is 30.1 Å². The molecule has 1 aliphatic heterocycles. The number of halogens is 1. The first kappa shape index (κ1) is 20.7. The van der Waals surface area contributed by atoms with Gasteiger partial charge < -0.3 is 9.80 Å². The highest BCUT2D eigenvalue weighted by Crippen LogP contribution is 2.23. The van der Waals surface area contributed by atoms with Gasteiger partial charge in [-0.2, -0.15) is 0 Å². The minimum Gasteiger partial charge on any atom is -0.368 e. The number of nitrogens with one attached hydrogen (secondary N) is 1. The molecule has 2 aromatic carbocycles. The fourth-order valence-corrected chi connectivity index (χ4v) is 5.56. The van der Waals surface area contributed by atoms with Gasteiger partial charge in [0.1, 0.15) is 4.21 Å². The number of hydrogen-bond donors (Lipinski definition) is 1. The van der Waals surface area contributed by atoms with Crippen molar-refractivity contribution in [3.63, 3.8) is 0 Å². The first-order valence-corrected chi connectivity index (χ1v) is 12.1. The van der Waals surface area contributed by atoms with Crippen LogP contribution in [0.5, 0.6) is 0 Å². The summed E-state index contributed by atoms with van der Waals surface area (Å²) in [4.78, 5) is 16.8. The highest BCUT2D eigenvalue weighted by Gasteiger charge is 2.23. The third-order valence-corrected chi connectivity index (χ3v) is 7.90. The molecule has 0 aliphatic carbocycles. The Bertz CT molecular complexity index is 1120. The smallest absolute Gasteiger partial charge is 0.271 e. The van der Waals surface area contributed by atoms with E-state index in [-0.39, 0.29) is 10.1 Å². The van der Waals surface area contributed by atoms with Crippen LogP contribution < -0.4 is 9.62 Å². The number of sulfonamides is 1. The first-order valence-electron chi connectivity index (χ1n) is 9.38. The van der Waals surface area contributed by atoms with Crippen LogP contribution in [-0.2, 0) is 10.0 Å². The normalized spacial score (nSPS) is 14.6. The SMILES string of the molecule is O=C(c1ccc(NS(=O)(=O)c2cccs2)cc1)N1CCN(c2cccc(Cl)c2)CC1. The number of carbonyl (C=O) groups is 1. The molecule has 3 aromatic rings. The second-order valence-corrected chi connectivity index (χ2v) is 10.2. The van der Waals surface area contributed by atoms with Crippen molar-refractivity contribution in [2.75, 3.05) is 35.8 Å². The van der Waals surface area contributed by atoms with Crippen molar-refractivity contribution in [3.8, 4) is 0 Å². The van der Waals surface area contributed by atoms with Crippen LogP contribution in [-0.4, -0.2) is 45.4 Å². The first-order chi connectivity index (χ1) is 14.4. The molecule has 9 heteroatoms. The number of nitrogens with zero attached hydrogens (tertiary/aromatic N) is 2. The molecule has 0 atom stereocenters. The zero-order valence-corrected chi connectivity index (χ0v) is 18.4. The van der Waals surface area contributed by atoms with Gasteiger partial charge in [0.05, 0.1) is 0 Å². The molecule has 1 fully saturated rings. The molecule has 0 bridgehead atoms. The van der Waals surface area contributed by atoms with Gasteiger partial charge in [-0.3, -0.25) is 9.52 Å². The van der Waals surface area contributed by atoms with Crippen molar-refractivity contribution < 1.29 is 13.2 Å². The van der Waals surface area contributed by atoms with Gasteiger partial charge in [0, 0.05) is 48.1 Å². The Balaban J connectivity index is 1.37.